The summed E-state index contributed by atoms with van der Waals surface area (Å²) in [6.07, 6.45) is 3.18. The molecule has 0 radical (unpaired) electrons. The van der Waals surface area contributed by atoms with Crippen molar-refractivity contribution in [3.05, 3.63) is 112 Å². The predicted octanol–water partition coefficient (Wildman–Crippen LogP) is 7.67. The number of carboxylic acids is 1. The molecular weight excluding hydrogens is 486 g/mol. The molecule has 2 aliphatic carbocycles. The highest BCUT2D eigenvalue weighted by Crippen LogP contribution is 2.48. The van der Waals surface area contributed by atoms with Crippen molar-refractivity contribution < 1.29 is 19.4 Å². The number of alkyl carbamates (subject to hydrolysis) is 1. The number of benzene rings is 3. The van der Waals surface area contributed by atoms with Gasteiger partial charge in [0.1, 0.15) is 6.10 Å². The van der Waals surface area contributed by atoms with Crippen LogP contribution in [-0.4, -0.2) is 17.2 Å². The van der Waals surface area contributed by atoms with E-state index in [4.69, 9.17) is 16.3 Å². The summed E-state index contributed by atoms with van der Waals surface area (Å²) in [5.41, 5.74) is 6.79. The molecule has 3 aromatic carbocycles. The maximum Gasteiger partial charge on any atom is 0.412 e. The number of carboxylic acid groups (broad SMARTS) is 1. The van der Waals surface area contributed by atoms with Gasteiger partial charge in [0.05, 0.1) is 11.1 Å². The smallest absolute Gasteiger partial charge is 0.412 e. The van der Waals surface area contributed by atoms with Crippen LogP contribution in [0, 0.1) is 0 Å². The first-order chi connectivity index (χ1) is 17.8. The highest BCUT2D eigenvalue weighted by molar-refractivity contribution is 6.31. The highest BCUT2D eigenvalue weighted by Gasteiger charge is 2.51. The Morgan fingerprint density at radius 2 is 1.54 bits per heavy atom. The van der Waals surface area contributed by atoms with Crippen LogP contribution in [0.15, 0.2) is 90.1 Å². The molecule has 1 amide bonds. The fourth-order valence-electron chi connectivity index (χ4n) is 4.89. The number of hydrogen-bond donors (Lipinski definition) is 2. The molecule has 6 heteroatoms. The molecule has 0 spiro atoms. The van der Waals surface area contributed by atoms with Gasteiger partial charge in [-0.15, -0.1) is 0 Å². The number of aliphatic carboxylic acids is 1. The van der Waals surface area contributed by atoms with Gasteiger partial charge >= 0.3 is 12.1 Å². The third kappa shape index (κ3) is 4.92. The average molecular weight is 514 g/mol. The average Bonchev–Trinajstić information content (AvgIpc) is 3.64. The molecule has 1 atom stereocenters. The van der Waals surface area contributed by atoms with Gasteiger partial charge in [-0.05, 0) is 72.6 Å². The first-order valence-electron chi connectivity index (χ1n) is 12.4. The number of rotatable bonds is 7. The molecule has 5 nitrogen and oxygen atoms in total. The zero-order chi connectivity index (χ0) is 26.2. The van der Waals surface area contributed by atoms with Gasteiger partial charge in [0.2, 0.25) is 0 Å². The maximum absolute atomic E-state index is 12.7. The Hall–Kier alpha value is -3.83. The quantitative estimate of drug-likeness (QED) is 0.340. The second-order valence-electron chi connectivity index (χ2n) is 9.68. The lowest BCUT2D eigenvalue weighted by Crippen LogP contribution is -2.25. The SMILES string of the molecule is CC1=CCC(c2ccc(-c3ccc(C4(C(=O)O)CC4)cc3)cc2)=C1NC(=O)OC(C)c1ccccc1Cl. The van der Waals surface area contributed by atoms with Crippen LogP contribution in [0.5, 0.6) is 0 Å². The summed E-state index contributed by atoms with van der Waals surface area (Å²) in [4.78, 5) is 24.3. The van der Waals surface area contributed by atoms with E-state index in [0.29, 0.717) is 24.3 Å². The Labute approximate surface area is 221 Å². The van der Waals surface area contributed by atoms with Crippen LogP contribution in [0.4, 0.5) is 4.79 Å². The Morgan fingerprint density at radius 1 is 0.946 bits per heavy atom. The molecule has 0 heterocycles. The van der Waals surface area contributed by atoms with Crippen molar-refractivity contribution in [1.29, 1.82) is 0 Å². The van der Waals surface area contributed by atoms with Gasteiger partial charge < -0.3 is 9.84 Å². The van der Waals surface area contributed by atoms with Crippen molar-refractivity contribution in [2.75, 3.05) is 0 Å². The lowest BCUT2D eigenvalue weighted by atomic mass is 9.93. The molecule has 0 bridgehead atoms. The molecule has 1 unspecified atom stereocenters. The number of ether oxygens (including phenoxy) is 1. The molecule has 2 aliphatic rings. The highest BCUT2D eigenvalue weighted by atomic mass is 35.5. The van der Waals surface area contributed by atoms with E-state index in [1.165, 1.54) is 0 Å². The third-order valence-electron chi connectivity index (χ3n) is 7.33. The van der Waals surface area contributed by atoms with Crippen LogP contribution >= 0.6 is 11.6 Å². The maximum atomic E-state index is 12.7. The first-order valence-corrected chi connectivity index (χ1v) is 12.7. The molecule has 0 aliphatic heterocycles. The van der Waals surface area contributed by atoms with Crippen molar-refractivity contribution in [2.45, 2.75) is 44.6 Å². The van der Waals surface area contributed by atoms with Gasteiger partial charge in [0, 0.05) is 10.6 Å². The van der Waals surface area contributed by atoms with E-state index < -0.39 is 23.6 Å². The minimum Gasteiger partial charge on any atom is -0.481 e. The van der Waals surface area contributed by atoms with Gasteiger partial charge in [-0.2, -0.15) is 0 Å². The first kappa shape index (κ1) is 24.8. The monoisotopic (exact) mass is 513 g/mol. The number of hydrogen-bond acceptors (Lipinski definition) is 3. The minimum atomic E-state index is -0.745. The van der Waals surface area contributed by atoms with Crippen LogP contribution in [0.1, 0.15) is 55.9 Å². The van der Waals surface area contributed by atoms with Crippen molar-refractivity contribution in [2.24, 2.45) is 0 Å². The molecule has 1 saturated carbocycles. The molecular formula is C31H28ClNO4. The summed E-state index contributed by atoms with van der Waals surface area (Å²) < 4.78 is 5.61. The Kier molecular flexibility index (Phi) is 6.65. The third-order valence-corrected chi connectivity index (χ3v) is 7.67. The van der Waals surface area contributed by atoms with E-state index in [1.807, 2.05) is 73.7 Å². The fourth-order valence-corrected chi connectivity index (χ4v) is 5.18. The van der Waals surface area contributed by atoms with Gasteiger partial charge in [-0.1, -0.05) is 84.4 Å². The summed E-state index contributed by atoms with van der Waals surface area (Å²) in [5, 5.41) is 13.0. The van der Waals surface area contributed by atoms with Crippen molar-refractivity contribution in [3.63, 3.8) is 0 Å². The zero-order valence-electron chi connectivity index (χ0n) is 20.8. The van der Waals surface area contributed by atoms with Crippen LogP contribution in [-0.2, 0) is 14.9 Å². The summed E-state index contributed by atoms with van der Waals surface area (Å²) >= 11 is 6.25. The van der Waals surface area contributed by atoms with Crippen LogP contribution in [0.25, 0.3) is 16.7 Å². The van der Waals surface area contributed by atoms with Crippen LogP contribution < -0.4 is 5.32 Å². The van der Waals surface area contributed by atoms with Gasteiger partial charge in [0.25, 0.3) is 0 Å². The molecule has 37 heavy (non-hydrogen) atoms. The molecule has 2 N–H and O–H groups in total. The normalized spacial score (nSPS) is 16.7. The number of halogens is 1. The molecule has 0 saturated heterocycles. The summed E-state index contributed by atoms with van der Waals surface area (Å²) in [7, 11) is 0. The summed E-state index contributed by atoms with van der Waals surface area (Å²) in [5.74, 6) is -0.745. The summed E-state index contributed by atoms with van der Waals surface area (Å²) in [6, 6.07) is 23.3. The van der Waals surface area contributed by atoms with Crippen LogP contribution in [0.2, 0.25) is 5.02 Å². The van der Waals surface area contributed by atoms with Gasteiger partial charge in [-0.3, -0.25) is 10.1 Å². The zero-order valence-corrected chi connectivity index (χ0v) is 21.5. The second-order valence-corrected chi connectivity index (χ2v) is 10.1. The lowest BCUT2D eigenvalue weighted by molar-refractivity contribution is -0.140. The predicted molar refractivity (Wildman–Crippen MR) is 145 cm³/mol. The van der Waals surface area contributed by atoms with Crippen molar-refractivity contribution in [1.82, 2.24) is 5.32 Å². The van der Waals surface area contributed by atoms with Gasteiger partial charge in [-0.25, -0.2) is 4.79 Å². The molecule has 5 rings (SSSR count). The number of carbonyl (C=O) groups excluding carboxylic acids is 1. The van der Waals surface area contributed by atoms with E-state index in [-0.39, 0.29) is 0 Å². The summed E-state index contributed by atoms with van der Waals surface area (Å²) in [6.45, 7) is 3.77. The number of carbonyl (C=O) groups is 2. The second kappa shape index (κ2) is 9.91. The van der Waals surface area contributed by atoms with E-state index in [9.17, 15) is 14.7 Å². The fraction of sp³-hybridized carbons (Fsp3) is 0.226. The number of allylic oxidation sites excluding steroid dienone is 3. The molecule has 0 aromatic heterocycles. The molecule has 188 valence electrons. The van der Waals surface area contributed by atoms with Crippen molar-refractivity contribution >= 4 is 29.2 Å². The molecule has 1 fully saturated rings. The van der Waals surface area contributed by atoms with Crippen molar-refractivity contribution in [3.8, 4) is 11.1 Å². The van der Waals surface area contributed by atoms with E-state index >= 15 is 0 Å². The van der Waals surface area contributed by atoms with Gasteiger partial charge in [0.15, 0.2) is 0 Å². The number of amides is 1. The minimum absolute atomic E-state index is 0.487. The Bertz CT molecular complexity index is 1420. The largest absolute Gasteiger partial charge is 0.481 e. The molecule has 3 aromatic rings. The lowest BCUT2D eigenvalue weighted by Gasteiger charge is -2.17. The topological polar surface area (TPSA) is 75.6 Å². The van der Waals surface area contributed by atoms with Crippen LogP contribution in [0.3, 0.4) is 0 Å². The Balaban J connectivity index is 1.30. The Morgan fingerprint density at radius 3 is 2.14 bits per heavy atom. The van der Waals surface area contributed by atoms with E-state index in [1.54, 1.807) is 13.0 Å². The number of nitrogens with one attached hydrogen (secondary N) is 1. The van der Waals surface area contributed by atoms with E-state index in [0.717, 1.165) is 44.7 Å². The standard InChI is InChI=1S/C31H28ClNO4/c1-19-7-16-26(28(19)33-30(36)37-20(2)25-5-3-4-6-27(25)32)23-10-8-21(9-11-23)22-12-14-24(15-13-22)31(17-18-31)29(34)35/h3-15,20H,16-18H2,1-2H3,(H,33,36)(H,34,35). The van der Waals surface area contributed by atoms with E-state index in [2.05, 4.69) is 11.4 Å².